The van der Waals surface area contributed by atoms with E-state index in [1.165, 1.54) is 23.9 Å². The molecule has 21 heteroatoms. The molecule has 4 aliphatic heterocycles. The molecule has 0 radical (unpaired) electrons. The summed E-state index contributed by atoms with van der Waals surface area (Å²) in [5, 5.41) is 35.5. The Balaban J connectivity index is 1.28. The van der Waals surface area contributed by atoms with E-state index in [0.29, 0.717) is 24.2 Å². The summed E-state index contributed by atoms with van der Waals surface area (Å²) in [6.45, 7) is 18.7. The number of carbonyl (C=O) groups is 3. The summed E-state index contributed by atoms with van der Waals surface area (Å²) >= 11 is 0. The molecule has 6 rings (SSSR count). The van der Waals surface area contributed by atoms with Crippen LogP contribution in [0, 0.1) is 23.6 Å². The van der Waals surface area contributed by atoms with Crippen molar-refractivity contribution in [2.75, 3.05) is 34.8 Å². The minimum absolute atomic E-state index is 0.0136. The lowest BCUT2D eigenvalue weighted by Gasteiger charge is -2.49. The van der Waals surface area contributed by atoms with Crippen LogP contribution < -0.4 is 5.32 Å². The van der Waals surface area contributed by atoms with Crippen LogP contribution in [0.25, 0.3) is 0 Å². The molecule has 3 N–H and O–H groups in total. The second-order valence-corrected chi connectivity index (χ2v) is 21.3. The lowest BCUT2D eigenvalue weighted by molar-refractivity contribution is -0.317. The highest BCUT2D eigenvalue weighted by Gasteiger charge is 2.58. The maximum Gasteiger partial charge on any atom is 0.509 e. The maximum atomic E-state index is 14.8. The number of carbonyl (C=O) groups excluding carboxylic acids is 3. The van der Waals surface area contributed by atoms with Crippen LogP contribution in [0.15, 0.2) is 30.5 Å². The Morgan fingerprint density at radius 2 is 1.75 bits per heavy atom. The first kappa shape index (κ1) is 56.2. The Bertz CT molecular complexity index is 2120. The van der Waals surface area contributed by atoms with Crippen LogP contribution in [-0.4, -0.2) is 178 Å². The molecule has 400 valence electrons. The smallest absolute Gasteiger partial charge is 0.458 e. The summed E-state index contributed by atoms with van der Waals surface area (Å²) in [4.78, 5) is 45.0. The van der Waals surface area contributed by atoms with Crippen molar-refractivity contribution in [1.29, 1.82) is 0 Å². The summed E-state index contributed by atoms with van der Waals surface area (Å²) in [6.07, 6.45) is -8.34. The number of aliphatic hydroxyl groups is 2. The molecular weight excluding hydrogens is 928 g/mol. The summed E-state index contributed by atoms with van der Waals surface area (Å²) in [5.74, 6) is -3.12. The van der Waals surface area contributed by atoms with Crippen LogP contribution in [-0.2, 0) is 60.5 Å². The minimum Gasteiger partial charge on any atom is -0.458 e. The van der Waals surface area contributed by atoms with E-state index in [9.17, 15) is 29.0 Å². The van der Waals surface area contributed by atoms with Gasteiger partial charge in [-0.05, 0) is 112 Å². The van der Waals surface area contributed by atoms with E-state index >= 15 is 0 Å². The van der Waals surface area contributed by atoms with Crippen molar-refractivity contribution in [3.8, 4) is 0 Å². The average Bonchev–Trinajstić information content (AvgIpc) is 3.88. The van der Waals surface area contributed by atoms with Crippen molar-refractivity contribution in [3.05, 3.63) is 47.5 Å². The third-order valence-corrected chi connectivity index (χ3v) is 15.1. The molecule has 0 unspecified atom stereocenters. The number of methoxy groups -OCH3 is 1. The van der Waals surface area contributed by atoms with Gasteiger partial charge >= 0.3 is 18.2 Å². The topological polar surface area (TPSA) is 224 Å². The van der Waals surface area contributed by atoms with Crippen molar-refractivity contribution in [2.24, 2.45) is 17.8 Å². The Labute approximate surface area is 417 Å². The molecule has 1 aromatic carbocycles. The predicted molar refractivity (Wildman–Crippen MR) is 254 cm³/mol. The van der Waals surface area contributed by atoms with E-state index in [2.05, 4.69) is 15.6 Å². The van der Waals surface area contributed by atoms with Crippen molar-refractivity contribution in [3.63, 3.8) is 0 Å². The van der Waals surface area contributed by atoms with Crippen molar-refractivity contribution in [2.45, 2.75) is 198 Å². The molecule has 4 aliphatic rings. The number of nitrogens with zero attached hydrogens (tertiary/aromatic N) is 5. The van der Waals surface area contributed by atoms with E-state index in [1.807, 2.05) is 65.6 Å². The van der Waals surface area contributed by atoms with Gasteiger partial charge in [0.1, 0.15) is 29.3 Å². The minimum atomic E-state index is -1.63. The highest BCUT2D eigenvalue weighted by Crippen LogP contribution is 2.42. The fourth-order valence-electron chi connectivity index (χ4n) is 11.2. The molecule has 0 aliphatic carbocycles. The summed E-state index contributed by atoms with van der Waals surface area (Å²) in [5.41, 5.74) is -3.04. The Kier molecular flexibility index (Phi) is 18.2. The number of alkyl carbamates (subject to hydrolysis) is 1. The first-order valence-electron chi connectivity index (χ1n) is 24.9. The molecular formula is C50H79FN6O14. The zero-order valence-corrected chi connectivity index (χ0v) is 43.9. The second-order valence-electron chi connectivity index (χ2n) is 21.3. The molecule has 18 atom stereocenters. The molecule has 0 bridgehead atoms. The largest absolute Gasteiger partial charge is 0.509 e. The Morgan fingerprint density at radius 1 is 1.03 bits per heavy atom. The molecule has 4 saturated heterocycles. The third-order valence-electron chi connectivity index (χ3n) is 15.1. The van der Waals surface area contributed by atoms with Crippen LogP contribution in [0.2, 0.25) is 0 Å². The number of nitrogens with one attached hydrogen (secondary N) is 1. The lowest BCUT2D eigenvalue weighted by Crippen LogP contribution is -2.61. The molecule has 4 fully saturated rings. The number of ether oxygens (including phenoxy) is 9. The van der Waals surface area contributed by atoms with Crippen molar-refractivity contribution < 1.29 is 71.6 Å². The highest BCUT2D eigenvalue weighted by molar-refractivity contribution is 5.73. The fourth-order valence-corrected chi connectivity index (χ4v) is 11.2. The van der Waals surface area contributed by atoms with Gasteiger partial charge in [0.25, 0.3) is 0 Å². The number of likely N-dealkylation sites (N-methyl/N-ethyl adjacent to an activating group) is 2. The zero-order valence-electron chi connectivity index (χ0n) is 43.9. The van der Waals surface area contributed by atoms with E-state index in [4.69, 9.17) is 42.6 Å². The Morgan fingerprint density at radius 3 is 2.41 bits per heavy atom. The van der Waals surface area contributed by atoms with Gasteiger partial charge in [-0.25, -0.2) is 18.7 Å². The monoisotopic (exact) mass is 1010 g/mol. The number of hydrogen-bond donors (Lipinski definition) is 3. The van der Waals surface area contributed by atoms with Gasteiger partial charge in [0.2, 0.25) is 0 Å². The summed E-state index contributed by atoms with van der Waals surface area (Å²) in [7, 11) is 7.14. The number of esters is 1. The second kappa shape index (κ2) is 23.0. The molecule has 0 spiro atoms. The van der Waals surface area contributed by atoms with Gasteiger partial charge in [0.15, 0.2) is 30.4 Å². The first-order valence-corrected chi connectivity index (χ1v) is 24.9. The number of cyclic esters (lactones) is 1. The molecule has 0 saturated carbocycles. The van der Waals surface area contributed by atoms with Gasteiger partial charge in [0, 0.05) is 38.1 Å². The van der Waals surface area contributed by atoms with Gasteiger partial charge in [-0.15, -0.1) is 5.10 Å². The first-order chi connectivity index (χ1) is 33.3. The zero-order chi connectivity index (χ0) is 52.3. The Hall–Kier alpha value is -4.06. The van der Waals surface area contributed by atoms with Crippen LogP contribution in [0.3, 0.4) is 0 Å². The van der Waals surface area contributed by atoms with Crippen LogP contribution in [0.5, 0.6) is 0 Å². The number of hydrogen-bond acceptors (Lipinski definition) is 18. The molecule has 2 aromatic rings. The summed E-state index contributed by atoms with van der Waals surface area (Å²) in [6, 6.07) is 5.44. The highest BCUT2D eigenvalue weighted by atomic mass is 19.1. The quantitative estimate of drug-likeness (QED) is 0.192. The summed E-state index contributed by atoms with van der Waals surface area (Å²) < 4.78 is 71.9. The number of halogens is 1. The van der Waals surface area contributed by atoms with Gasteiger partial charge in [-0.2, -0.15) is 0 Å². The number of aliphatic hydroxyl groups excluding tert-OH is 1. The third kappa shape index (κ3) is 13.0. The maximum absolute atomic E-state index is 14.8. The lowest BCUT2D eigenvalue weighted by atomic mass is 9.77. The van der Waals surface area contributed by atoms with Crippen LogP contribution >= 0.6 is 0 Å². The SMILES string of the molecule is CC[C@@H]1OC(=O)[C@H](C)[C@H](O[C@H]2C[C@@](C)(OC)[C@@H](OC(=O)NCc3cn(Cc4cccc(F)c4)nn3)[C@H](C)O2)[C@H](C)[C@@H](O[C@@H]2O[C@H](C)C[C@H](N(C)C)[C@H]2O)[C@](C)(O)C[C@@H](C)CN(C)[C@H](C)[C@@H]2OC(=O)O[C@]12C. The molecule has 71 heavy (non-hydrogen) atoms. The molecule has 20 nitrogen and oxygen atoms in total. The normalized spacial score (nSPS) is 39.9. The van der Waals surface area contributed by atoms with Gasteiger partial charge in [-0.1, -0.05) is 38.1 Å². The standard InChI is InChI=1S/C50H79FN6O14/c1-15-37-50(10)42(70-47(61)71-50)31(6)56(13)24-27(2)21-48(8,62)41(68-45-39(58)36(55(11)12)19-28(3)64-45)29(4)40(30(5)44(59)66-37)67-38-22-49(9,63-14)43(32(7)65-38)69-46(60)52-23-35-26-57(54-53-35)25-33-17-16-18-34(51)20-33/h16-18,20,26-32,36-43,45,58,62H,15,19,21-25H2,1-14H3,(H,52,60)/t27-,28-,29+,30-,31-,32+,36+,37+,38+,39-,40-,41-,42+,43+,45+,48-,49-,50-/m1/s1. The number of amides is 1. The predicted octanol–water partition coefficient (Wildman–Crippen LogP) is 4.80. The molecule has 5 heterocycles. The van der Waals surface area contributed by atoms with Gasteiger partial charge in [0.05, 0.1) is 55.2 Å². The number of rotatable bonds is 12. The number of fused-ring (bicyclic) bond motifs is 1. The van der Waals surface area contributed by atoms with Gasteiger partial charge in [-0.3, -0.25) is 9.69 Å². The molecule has 1 amide bonds. The van der Waals surface area contributed by atoms with E-state index in [-0.39, 0.29) is 56.2 Å². The van der Waals surface area contributed by atoms with Crippen LogP contribution in [0.1, 0.15) is 106 Å². The van der Waals surface area contributed by atoms with Crippen molar-refractivity contribution in [1.82, 2.24) is 30.1 Å². The fraction of sp³-hybridized carbons (Fsp3) is 0.780. The van der Waals surface area contributed by atoms with E-state index in [1.54, 1.807) is 52.9 Å². The number of aromatic nitrogens is 3. The molecule has 1 aromatic heterocycles. The van der Waals surface area contributed by atoms with E-state index < -0.39 is 108 Å². The number of benzene rings is 1. The van der Waals surface area contributed by atoms with Crippen LogP contribution in [0.4, 0.5) is 14.0 Å². The average molecular weight is 1010 g/mol. The van der Waals surface area contributed by atoms with Crippen molar-refractivity contribution >= 4 is 18.2 Å². The van der Waals surface area contributed by atoms with E-state index in [0.717, 1.165) is 0 Å². The van der Waals surface area contributed by atoms with Gasteiger partial charge < -0.3 is 63.1 Å².